The molecule has 26 heavy (non-hydrogen) atoms. The first-order valence-electron chi connectivity index (χ1n) is 10.2. The third-order valence-corrected chi connectivity index (χ3v) is 7.90. The van der Waals surface area contributed by atoms with Crippen LogP contribution in [0.25, 0.3) is 0 Å². The Hall–Kier alpha value is -0.980. The number of amides is 1. The third-order valence-electron chi connectivity index (χ3n) is 7.11. The summed E-state index contributed by atoms with van der Waals surface area (Å²) in [6, 6.07) is 0. The van der Waals surface area contributed by atoms with Crippen LogP contribution in [0.5, 0.6) is 0 Å². The molecule has 0 spiro atoms. The quantitative estimate of drug-likeness (QED) is 0.812. The molecular weight excluding hydrogens is 346 g/mol. The highest BCUT2D eigenvalue weighted by Crippen LogP contribution is 2.60. The van der Waals surface area contributed by atoms with Crippen molar-refractivity contribution >= 4 is 17.2 Å². The summed E-state index contributed by atoms with van der Waals surface area (Å²) in [6.45, 7) is 5.56. The van der Waals surface area contributed by atoms with Gasteiger partial charge in [-0.25, -0.2) is 0 Å². The van der Waals surface area contributed by atoms with Crippen LogP contribution in [0, 0.1) is 23.2 Å². The molecule has 5 aliphatic rings. The first-order valence-corrected chi connectivity index (χ1v) is 11.1. The van der Waals surface area contributed by atoms with E-state index in [1.54, 1.807) is 11.3 Å². The van der Waals surface area contributed by atoms with Crippen LogP contribution < -0.4 is 4.80 Å². The average Bonchev–Trinajstić information content (AvgIpc) is 3.07. The van der Waals surface area contributed by atoms with Gasteiger partial charge in [-0.3, -0.25) is 9.69 Å². The molecule has 1 saturated heterocycles. The van der Waals surface area contributed by atoms with Gasteiger partial charge in [-0.05, 0) is 56.3 Å². The van der Waals surface area contributed by atoms with E-state index in [4.69, 9.17) is 4.74 Å². The number of morpholine rings is 1. The summed E-state index contributed by atoms with van der Waals surface area (Å²) >= 11 is 1.60. The lowest BCUT2D eigenvalue weighted by Crippen LogP contribution is -2.50. The summed E-state index contributed by atoms with van der Waals surface area (Å²) < 4.78 is 7.59. The number of carbonyl (C=O) groups excluding carboxylic acids is 1. The van der Waals surface area contributed by atoms with Crippen LogP contribution in [0.15, 0.2) is 16.6 Å². The summed E-state index contributed by atoms with van der Waals surface area (Å²) in [5.41, 5.74) is -0.124. The number of hydrogen-bond acceptors (Lipinski definition) is 4. The van der Waals surface area contributed by atoms with Crippen LogP contribution in [0.3, 0.4) is 0 Å². The highest BCUT2D eigenvalue weighted by Gasteiger charge is 2.54. The van der Waals surface area contributed by atoms with Gasteiger partial charge < -0.3 is 9.30 Å². The third kappa shape index (κ3) is 3.20. The number of aromatic nitrogens is 1. The second-order valence-electron chi connectivity index (χ2n) is 8.95. The summed E-state index contributed by atoms with van der Waals surface area (Å²) in [6.07, 6.45) is 9.47. The molecule has 0 unspecified atom stereocenters. The predicted molar refractivity (Wildman–Crippen MR) is 101 cm³/mol. The fourth-order valence-electron chi connectivity index (χ4n) is 6.21. The Kier molecular flexibility index (Phi) is 4.53. The zero-order valence-corrected chi connectivity index (χ0v) is 16.3. The summed E-state index contributed by atoms with van der Waals surface area (Å²) in [7, 11) is 0. The lowest BCUT2D eigenvalue weighted by molar-refractivity contribution is -0.142. The van der Waals surface area contributed by atoms with Crippen molar-refractivity contribution in [2.24, 2.45) is 28.2 Å². The van der Waals surface area contributed by atoms with Crippen molar-refractivity contribution in [3.63, 3.8) is 0 Å². The highest BCUT2D eigenvalue weighted by molar-refractivity contribution is 7.07. The number of nitrogens with zero attached hydrogens (tertiary/aromatic N) is 3. The Morgan fingerprint density at radius 3 is 2.42 bits per heavy atom. The van der Waals surface area contributed by atoms with Crippen molar-refractivity contribution < 1.29 is 9.53 Å². The van der Waals surface area contributed by atoms with Crippen LogP contribution in [0.1, 0.15) is 38.5 Å². The van der Waals surface area contributed by atoms with E-state index in [2.05, 4.69) is 26.0 Å². The minimum absolute atomic E-state index is 0.124. The molecule has 5 nitrogen and oxygen atoms in total. The van der Waals surface area contributed by atoms with Gasteiger partial charge in [-0.2, -0.15) is 4.99 Å². The first-order chi connectivity index (χ1) is 12.7. The summed E-state index contributed by atoms with van der Waals surface area (Å²) in [5.74, 6) is 2.55. The van der Waals surface area contributed by atoms with E-state index in [9.17, 15) is 4.79 Å². The Labute approximate surface area is 159 Å². The van der Waals surface area contributed by atoms with Crippen molar-refractivity contribution in [3.8, 4) is 0 Å². The van der Waals surface area contributed by atoms with Gasteiger partial charge in [0.1, 0.15) is 0 Å². The monoisotopic (exact) mass is 375 g/mol. The number of ether oxygens (including phenoxy) is 1. The molecule has 5 fully saturated rings. The molecule has 6 rings (SSSR count). The molecule has 2 heterocycles. The van der Waals surface area contributed by atoms with E-state index in [0.717, 1.165) is 81.2 Å². The van der Waals surface area contributed by atoms with Crippen LogP contribution >= 0.6 is 11.3 Å². The fraction of sp³-hybridized carbons (Fsp3) is 0.800. The van der Waals surface area contributed by atoms with E-state index in [-0.39, 0.29) is 11.3 Å². The lowest BCUT2D eigenvalue weighted by atomic mass is 9.49. The largest absolute Gasteiger partial charge is 0.379 e. The SMILES string of the molecule is O=C(N=c1sccn1CCN1CCOCC1)C12CC3CC(CC(C3)C1)C2. The molecule has 1 aromatic heterocycles. The predicted octanol–water partition coefficient (Wildman–Crippen LogP) is 2.53. The van der Waals surface area contributed by atoms with E-state index in [1.165, 1.54) is 19.3 Å². The van der Waals surface area contributed by atoms with E-state index < -0.39 is 0 Å². The van der Waals surface area contributed by atoms with E-state index in [1.807, 2.05) is 0 Å². The van der Waals surface area contributed by atoms with Gasteiger partial charge in [-0.1, -0.05) is 0 Å². The molecular formula is C20H29N3O2S. The topological polar surface area (TPSA) is 46.8 Å². The normalized spacial score (nSPS) is 37.4. The van der Waals surface area contributed by atoms with Gasteiger partial charge in [0.05, 0.1) is 18.6 Å². The number of rotatable bonds is 4. The molecule has 0 atom stereocenters. The molecule has 6 heteroatoms. The zero-order valence-electron chi connectivity index (χ0n) is 15.4. The Balaban J connectivity index is 1.31. The van der Waals surface area contributed by atoms with Gasteiger partial charge in [0.15, 0.2) is 4.80 Å². The van der Waals surface area contributed by atoms with Gasteiger partial charge in [0.2, 0.25) is 0 Å². The maximum absolute atomic E-state index is 13.2. The van der Waals surface area contributed by atoms with Gasteiger partial charge >= 0.3 is 0 Å². The smallest absolute Gasteiger partial charge is 0.254 e. The maximum Gasteiger partial charge on any atom is 0.254 e. The summed E-state index contributed by atoms with van der Waals surface area (Å²) in [4.78, 5) is 21.2. The minimum Gasteiger partial charge on any atom is -0.379 e. The molecule has 1 aliphatic heterocycles. The number of hydrogen-bond donors (Lipinski definition) is 0. The van der Waals surface area contributed by atoms with Crippen LogP contribution in [-0.4, -0.2) is 48.2 Å². The van der Waals surface area contributed by atoms with Gasteiger partial charge in [-0.15, -0.1) is 11.3 Å². The number of carbonyl (C=O) groups is 1. The summed E-state index contributed by atoms with van der Waals surface area (Å²) in [5, 5.41) is 2.06. The zero-order chi connectivity index (χ0) is 17.6. The second kappa shape index (κ2) is 6.88. The Bertz CT molecular complexity index is 696. The molecule has 1 aromatic rings. The van der Waals surface area contributed by atoms with E-state index >= 15 is 0 Å². The highest BCUT2D eigenvalue weighted by atomic mass is 32.1. The molecule has 1 amide bonds. The average molecular weight is 376 g/mol. The van der Waals surface area contributed by atoms with E-state index in [0.29, 0.717) is 0 Å². The molecule has 4 saturated carbocycles. The van der Waals surface area contributed by atoms with Crippen molar-refractivity contribution in [2.45, 2.75) is 45.1 Å². The molecule has 0 aromatic carbocycles. The molecule has 0 N–H and O–H groups in total. The van der Waals surface area contributed by atoms with Gasteiger partial charge in [0, 0.05) is 37.8 Å². The lowest BCUT2D eigenvalue weighted by Gasteiger charge is -2.55. The van der Waals surface area contributed by atoms with Crippen molar-refractivity contribution in [1.29, 1.82) is 0 Å². The van der Waals surface area contributed by atoms with Crippen molar-refractivity contribution in [1.82, 2.24) is 9.47 Å². The van der Waals surface area contributed by atoms with Crippen LogP contribution in [-0.2, 0) is 16.1 Å². The van der Waals surface area contributed by atoms with Crippen LogP contribution in [0.2, 0.25) is 0 Å². The number of thiazole rings is 1. The van der Waals surface area contributed by atoms with Gasteiger partial charge in [0.25, 0.3) is 5.91 Å². The molecule has 4 aliphatic carbocycles. The van der Waals surface area contributed by atoms with Crippen molar-refractivity contribution in [2.75, 3.05) is 32.8 Å². The Morgan fingerprint density at radius 2 is 1.77 bits per heavy atom. The molecule has 0 radical (unpaired) electrons. The molecule has 4 bridgehead atoms. The van der Waals surface area contributed by atoms with Crippen LogP contribution in [0.4, 0.5) is 0 Å². The maximum atomic E-state index is 13.2. The molecule has 142 valence electrons. The standard InChI is InChI=1S/C20H29N3O2S/c24-18(20-12-15-9-16(13-20)11-17(10-15)14-20)21-19-23(5-8-26-19)2-1-22-3-6-25-7-4-22/h5,8,15-17H,1-4,6-7,9-14H2. The van der Waals surface area contributed by atoms with Crippen molar-refractivity contribution in [3.05, 3.63) is 16.4 Å². The Morgan fingerprint density at radius 1 is 1.12 bits per heavy atom. The fourth-order valence-corrected chi connectivity index (χ4v) is 6.96. The first kappa shape index (κ1) is 17.1. The second-order valence-corrected chi connectivity index (χ2v) is 9.82. The minimum atomic E-state index is -0.124.